The molecule has 6 nitrogen and oxygen atoms in total. The highest BCUT2D eigenvalue weighted by atomic mass is 19.1. The first-order chi connectivity index (χ1) is 13.7. The summed E-state index contributed by atoms with van der Waals surface area (Å²) in [5.41, 5.74) is 8.37. The lowest BCUT2D eigenvalue weighted by molar-refractivity contribution is 0.462. The summed E-state index contributed by atoms with van der Waals surface area (Å²) < 4.78 is 13.8. The van der Waals surface area contributed by atoms with Crippen molar-refractivity contribution in [1.82, 2.24) is 15.0 Å². The largest absolute Gasteiger partial charge is 0.396 e. The lowest BCUT2D eigenvalue weighted by atomic mass is 9.95. The van der Waals surface area contributed by atoms with E-state index in [4.69, 9.17) is 5.73 Å². The zero-order chi connectivity index (χ0) is 19.3. The average molecular weight is 378 g/mol. The normalized spacial score (nSPS) is 14.6. The molecule has 0 unspecified atom stereocenters. The first-order valence-corrected chi connectivity index (χ1v) is 9.55. The molecule has 2 aromatic heterocycles. The molecule has 7 heteroatoms. The molecule has 28 heavy (non-hydrogen) atoms. The van der Waals surface area contributed by atoms with Crippen LogP contribution in [-0.4, -0.2) is 21.0 Å². The molecule has 1 fully saturated rings. The second kappa shape index (κ2) is 8.21. The Hall–Kier alpha value is -3.22. The van der Waals surface area contributed by atoms with Gasteiger partial charge in [0.05, 0.1) is 17.1 Å². The van der Waals surface area contributed by atoms with Gasteiger partial charge in [0, 0.05) is 24.0 Å². The number of halogens is 1. The first kappa shape index (κ1) is 18.2. The van der Waals surface area contributed by atoms with Gasteiger partial charge in [-0.1, -0.05) is 19.3 Å². The molecule has 1 aliphatic rings. The van der Waals surface area contributed by atoms with Gasteiger partial charge in [0.15, 0.2) is 0 Å². The Morgan fingerprint density at radius 3 is 2.68 bits per heavy atom. The topological polar surface area (TPSA) is 88.8 Å². The van der Waals surface area contributed by atoms with Crippen LogP contribution in [-0.2, 0) is 0 Å². The Morgan fingerprint density at radius 1 is 1.00 bits per heavy atom. The van der Waals surface area contributed by atoms with Gasteiger partial charge in [-0.3, -0.25) is 4.98 Å². The number of benzene rings is 1. The van der Waals surface area contributed by atoms with Gasteiger partial charge in [-0.15, -0.1) is 0 Å². The van der Waals surface area contributed by atoms with Gasteiger partial charge in [-0.2, -0.15) is 0 Å². The molecule has 0 aliphatic heterocycles. The maximum absolute atomic E-state index is 13.8. The number of hydrogen-bond acceptors (Lipinski definition) is 6. The van der Waals surface area contributed by atoms with Crippen molar-refractivity contribution in [2.45, 2.75) is 38.1 Å². The highest BCUT2D eigenvalue weighted by Gasteiger charge is 2.15. The van der Waals surface area contributed by atoms with Gasteiger partial charge in [0.1, 0.15) is 23.7 Å². The molecule has 4 N–H and O–H groups in total. The molecule has 144 valence electrons. The summed E-state index contributed by atoms with van der Waals surface area (Å²) in [4.78, 5) is 13.2. The second-order valence-electron chi connectivity index (χ2n) is 7.03. The Bertz CT molecular complexity index is 955. The fourth-order valence-electron chi connectivity index (χ4n) is 3.49. The number of nitrogens with one attached hydrogen (secondary N) is 2. The van der Waals surface area contributed by atoms with Crippen LogP contribution in [0.15, 0.2) is 48.9 Å². The van der Waals surface area contributed by atoms with Crippen LogP contribution in [0.2, 0.25) is 0 Å². The van der Waals surface area contributed by atoms with E-state index in [2.05, 4.69) is 25.6 Å². The van der Waals surface area contributed by atoms with E-state index < -0.39 is 5.82 Å². The molecule has 1 aromatic carbocycles. The Morgan fingerprint density at radius 2 is 1.86 bits per heavy atom. The quantitative estimate of drug-likeness (QED) is 0.555. The standard InChI is InChI=1S/C21H23FN6/c22-16-11-15(8-9-17(16)23)27-18-7-4-10-24-21(18)19-12-20(26-13-25-19)28-14-5-2-1-3-6-14/h4,7-14,27H,1-3,5-6,23H2,(H,25,26,28). The number of aromatic nitrogens is 3. The van der Waals surface area contributed by atoms with E-state index in [-0.39, 0.29) is 5.69 Å². The summed E-state index contributed by atoms with van der Waals surface area (Å²) in [6.45, 7) is 0. The van der Waals surface area contributed by atoms with Crippen molar-refractivity contribution in [2.75, 3.05) is 16.4 Å². The summed E-state index contributed by atoms with van der Waals surface area (Å²) in [7, 11) is 0. The molecule has 0 atom stereocenters. The maximum atomic E-state index is 13.8. The number of nitrogens with zero attached hydrogens (tertiary/aromatic N) is 3. The van der Waals surface area contributed by atoms with Crippen molar-refractivity contribution < 1.29 is 4.39 Å². The fourth-order valence-corrected chi connectivity index (χ4v) is 3.49. The molecule has 2 heterocycles. The Kier molecular flexibility index (Phi) is 5.32. The molecule has 0 spiro atoms. The van der Waals surface area contributed by atoms with Crippen molar-refractivity contribution >= 4 is 22.9 Å². The summed E-state index contributed by atoms with van der Waals surface area (Å²) in [6.07, 6.45) is 9.39. The minimum atomic E-state index is -0.462. The first-order valence-electron chi connectivity index (χ1n) is 9.55. The fraction of sp³-hybridized carbons (Fsp3) is 0.286. The van der Waals surface area contributed by atoms with Crippen LogP contribution >= 0.6 is 0 Å². The van der Waals surface area contributed by atoms with Crippen LogP contribution in [0, 0.1) is 5.82 Å². The maximum Gasteiger partial charge on any atom is 0.148 e. The van der Waals surface area contributed by atoms with Crippen LogP contribution in [0.4, 0.5) is 27.3 Å². The lowest BCUT2D eigenvalue weighted by Crippen LogP contribution is -2.22. The monoisotopic (exact) mass is 378 g/mol. The summed E-state index contributed by atoms with van der Waals surface area (Å²) in [5.74, 6) is 0.337. The van der Waals surface area contributed by atoms with Crippen molar-refractivity contribution in [3.63, 3.8) is 0 Å². The Balaban J connectivity index is 1.59. The number of nitrogen functional groups attached to an aromatic ring is 1. The smallest absolute Gasteiger partial charge is 0.148 e. The SMILES string of the molecule is Nc1ccc(Nc2cccnc2-c2cc(NC3CCCCC3)ncn2)cc1F. The number of hydrogen-bond donors (Lipinski definition) is 3. The van der Waals surface area contributed by atoms with Crippen LogP contribution in [0.1, 0.15) is 32.1 Å². The second-order valence-corrected chi connectivity index (χ2v) is 7.03. The predicted molar refractivity (Wildman–Crippen MR) is 110 cm³/mol. The van der Waals surface area contributed by atoms with Crippen LogP contribution in [0.5, 0.6) is 0 Å². The van der Waals surface area contributed by atoms with Crippen molar-refractivity contribution in [3.05, 3.63) is 54.7 Å². The third kappa shape index (κ3) is 4.19. The molecule has 4 rings (SSSR count). The van der Waals surface area contributed by atoms with E-state index in [9.17, 15) is 4.39 Å². The van der Waals surface area contributed by atoms with E-state index in [0.29, 0.717) is 23.1 Å². The summed E-state index contributed by atoms with van der Waals surface area (Å²) >= 11 is 0. The minimum absolute atomic E-state index is 0.117. The minimum Gasteiger partial charge on any atom is -0.396 e. The van der Waals surface area contributed by atoms with Crippen LogP contribution < -0.4 is 16.4 Å². The molecule has 1 aliphatic carbocycles. The molecule has 0 amide bonds. The molecule has 0 bridgehead atoms. The Labute approximate surface area is 163 Å². The van der Waals surface area contributed by atoms with Crippen LogP contribution in [0.25, 0.3) is 11.4 Å². The zero-order valence-corrected chi connectivity index (χ0v) is 15.5. The van der Waals surface area contributed by atoms with Crippen molar-refractivity contribution in [1.29, 1.82) is 0 Å². The van der Waals surface area contributed by atoms with E-state index in [1.807, 2.05) is 18.2 Å². The van der Waals surface area contributed by atoms with E-state index in [1.54, 1.807) is 18.6 Å². The van der Waals surface area contributed by atoms with Gasteiger partial charge in [-0.05, 0) is 43.2 Å². The highest BCUT2D eigenvalue weighted by molar-refractivity contribution is 5.77. The van der Waals surface area contributed by atoms with Gasteiger partial charge >= 0.3 is 0 Å². The molecular formula is C21H23FN6. The molecule has 3 aromatic rings. The van der Waals surface area contributed by atoms with Crippen LogP contribution in [0.3, 0.4) is 0 Å². The van der Waals surface area contributed by atoms with Gasteiger partial charge in [-0.25, -0.2) is 14.4 Å². The summed E-state index contributed by atoms with van der Waals surface area (Å²) in [5, 5.41) is 6.71. The third-order valence-corrected chi connectivity index (χ3v) is 4.95. The number of pyridine rings is 1. The molecule has 1 saturated carbocycles. The van der Waals surface area contributed by atoms with E-state index in [0.717, 1.165) is 11.5 Å². The van der Waals surface area contributed by atoms with E-state index >= 15 is 0 Å². The summed E-state index contributed by atoms with van der Waals surface area (Å²) in [6, 6.07) is 10.7. The number of rotatable bonds is 5. The third-order valence-electron chi connectivity index (χ3n) is 4.95. The highest BCUT2D eigenvalue weighted by Crippen LogP contribution is 2.29. The van der Waals surface area contributed by atoms with Gasteiger partial charge < -0.3 is 16.4 Å². The van der Waals surface area contributed by atoms with Crippen molar-refractivity contribution in [2.24, 2.45) is 0 Å². The van der Waals surface area contributed by atoms with Gasteiger partial charge in [0.2, 0.25) is 0 Å². The van der Waals surface area contributed by atoms with Crippen molar-refractivity contribution in [3.8, 4) is 11.4 Å². The molecule has 0 radical (unpaired) electrons. The number of anilines is 4. The molecule has 0 saturated heterocycles. The number of nitrogens with two attached hydrogens (primary N) is 1. The molecular weight excluding hydrogens is 355 g/mol. The average Bonchev–Trinajstić information content (AvgIpc) is 2.72. The van der Waals surface area contributed by atoms with E-state index in [1.165, 1.54) is 44.2 Å². The lowest BCUT2D eigenvalue weighted by Gasteiger charge is -2.23. The van der Waals surface area contributed by atoms with Gasteiger partial charge in [0.25, 0.3) is 0 Å². The predicted octanol–water partition coefficient (Wildman–Crippen LogP) is 4.75. The zero-order valence-electron chi connectivity index (χ0n) is 15.5.